The van der Waals surface area contributed by atoms with Crippen molar-refractivity contribution in [2.75, 3.05) is 7.11 Å². The van der Waals surface area contributed by atoms with Crippen molar-refractivity contribution in [2.24, 2.45) is 5.41 Å². The van der Waals surface area contributed by atoms with Gasteiger partial charge in [0.15, 0.2) is 0 Å². The zero-order valence-electron chi connectivity index (χ0n) is 9.79. The molecule has 0 unspecified atom stereocenters. The van der Waals surface area contributed by atoms with Crippen LogP contribution in [-0.2, 0) is 5.41 Å². The normalized spacial score (nSPS) is 22.6. The van der Waals surface area contributed by atoms with Gasteiger partial charge in [-0.05, 0) is 49.3 Å². The van der Waals surface area contributed by atoms with Gasteiger partial charge in [-0.25, -0.2) is 0 Å². The standard InChI is InChI=1S/C14H14ClNO/c1-17-12-3-2-10(15)6-11(12)14(9-16)7-13(8-14)4-5-13/h2-3,6H,4-5,7-8H2,1H3. The molecular formula is C14H14ClNO. The minimum atomic E-state index is -0.368. The first-order chi connectivity index (χ1) is 8.13. The van der Waals surface area contributed by atoms with Gasteiger partial charge in [0.05, 0.1) is 18.6 Å². The van der Waals surface area contributed by atoms with E-state index in [0.29, 0.717) is 10.4 Å². The Morgan fingerprint density at radius 1 is 1.35 bits per heavy atom. The summed E-state index contributed by atoms with van der Waals surface area (Å²) in [6, 6.07) is 8.04. The smallest absolute Gasteiger partial charge is 0.123 e. The van der Waals surface area contributed by atoms with Crippen molar-refractivity contribution in [1.29, 1.82) is 5.26 Å². The number of halogens is 1. The zero-order chi connectivity index (χ0) is 12.1. The molecule has 2 aliphatic rings. The number of nitriles is 1. The van der Waals surface area contributed by atoms with Crippen molar-refractivity contribution in [2.45, 2.75) is 31.1 Å². The largest absolute Gasteiger partial charge is 0.496 e. The summed E-state index contributed by atoms with van der Waals surface area (Å²) in [5.74, 6) is 0.784. The first-order valence-electron chi connectivity index (χ1n) is 5.88. The molecule has 17 heavy (non-hydrogen) atoms. The molecule has 0 amide bonds. The Balaban J connectivity index is 2.02. The predicted molar refractivity (Wildman–Crippen MR) is 66.2 cm³/mol. The number of hydrogen-bond donors (Lipinski definition) is 0. The Kier molecular flexibility index (Phi) is 2.18. The number of hydrogen-bond acceptors (Lipinski definition) is 2. The highest BCUT2D eigenvalue weighted by Gasteiger charge is 2.62. The second-order valence-electron chi connectivity index (χ2n) is 5.39. The third-order valence-corrected chi connectivity index (χ3v) is 4.44. The molecule has 0 saturated heterocycles. The van der Waals surface area contributed by atoms with Gasteiger partial charge in [-0.3, -0.25) is 0 Å². The Morgan fingerprint density at radius 3 is 2.59 bits per heavy atom. The molecule has 2 fully saturated rings. The lowest BCUT2D eigenvalue weighted by molar-refractivity contribution is 0.169. The zero-order valence-corrected chi connectivity index (χ0v) is 10.5. The van der Waals surface area contributed by atoms with E-state index in [4.69, 9.17) is 16.3 Å². The van der Waals surface area contributed by atoms with E-state index < -0.39 is 0 Å². The summed E-state index contributed by atoms with van der Waals surface area (Å²) in [5, 5.41) is 10.2. The molecule has 2 aliphatic carbocycles. The van der Waals surface area contributed by atoms with E-state index in [-0.39, 0.29) is 5.41 Å². The molecule has 3 heteroatoms. The molecule has 0 heterocycles. The molecule has 0 aliphatic heterocycles. The van der Waals surface area contributed by atoms with Crippen molar-refractivity contribution >= 4 is 11.6 Å². The molecule has 1 aromatic rings. The molecule has 2 saturated carbocycles. The van der Waals surface area contributed by atoms with Crippen LogP contribution in [0.1, 0.15) is 31.2 Å². The highest BCUT2D eigenvalue weighted by atomic mass is 35.5. The molecule has 1 spiro atoms. The molecule has 3 rings (SSSR count). The van der Waals surface area contributed by atoms with Crippen LogP contribution in [0.2, 0.25) is 5.02 Å². The third kappa shape index (κ3) is 1.53. The monoisotopic (exact) mass is 247 g/mol. The number of rotatable bonds is 2. The molecule has 0 bridgehead atoms. The Morgan fingerprint density at radius 2 is 2.06 bits per heavy atom. The summed E-state index contributed by atoms with van der Waals surface area (Å²) in [4.78, 5) is 0. The molecule has 88 valence electrons. The number of ether oxygens (including phenoxy) is 1. The fraction of sp³-hybridized carbons (Fsp3) is 0.500. The Labute approximate surface area is 106 Å². The van der Waals surface area contributed by atoms with Crippen LogP contribution in [0, 0.1) is 16.7 Å². The van der Waals surface area contributed by atoms with Gasteiger partial charge in [-0.2, -0.15) is 5.26 Å². The minimum Gasteiger partial charge on any atom is -0.496 e. The van der Waals surface area contributed by atoms with Gasteiger partial charge in [0.1, 0.15) is 5.75 Å². The highest BCUT2D eigenvalue weighted by molar-refractivity contribution is 6.30. The number of methoxy groups -OCH3 is 1. The Hall–Kier alpha value is -1.20. The van der Waals surface area contributed by atoms with Crippen molar-refractivity contribution < 1.29 is 4.74 Å². The van der Waals surface area contributed by atoms with Crippen LogP contribution in [-0.4, -0.2) is 7.11 Å². The molecular weight excluding hydrogens is 234 g/mol. The highest BCUT2D eigenvalue weighted by Crippen LogP contribution is 2.69. The van der Waals surface area contributed by atoms with Gasteiger partial charge in [0.25, 0.3) is 0 Å². The lowest BCUT2D eigenvalue weighted by Gasteiger charge is -2.44. The average Bonchev–Trinajstić information content (AvgIpc) is 3.06. The summed E-state index contributed by atoms with van der Waals surface area (Å²) in [7, 11) is 1.64. The first-order valence-corrected chi connectivity index (χ1v) is 6.26. The molecule has 1 aromatic carbocycles. The molecule has 0 radical (unpaired) electrons. The Bertz CT molecular complexity index is 505. The van der Waals surface area contributed by atoms with E-state index in [0.717, 1.165) is 24.2 Å². The molecule has 2 nitrogen and oxygen atoms in total. The van der Waals surface area contributed by atoms with Crippen LogP contribution in [0.4, 0.5) is 0 Å². The van der Waals surface area contributed by atoms with Gasteiger partial charge in [-0.15, -0.1) is 0 Å². The van der Waals surface area contributed by atoms with E-state index in [1.807, 2.05) is 12.1 Å². The van der Waals surface area contributed by atoms with Gasteiger partial charge in [-0.1, -0.05) is 11.6 Å². The van der Waals surface area contributed by atoms with Crippen molar-refractivity contribution in [3.05, 3.63) is 28.8 Å². The third-order valence-electron chi connectivity index (χ3n) is 4.20. The second-order valence-corrected chi connectivity index (χ2v) is 5.83. The average molecular weight is 248 g/mol. The lowest BCUT2D eigenvalue weighted by atomic mass is 9.57. The second kappa shape index (κ2) is 3.40. The van der Waals surface area contributed by atoms with Gasteiger partial charge >= 0.3 is 0 Å². The van der Waals surface area contributed by atoms with Crippen molar-refractivity contribution in [1.82, 2.24) is 0 Å². The van der Waals surface area contributed by atoms with E-state index in [1.54, 1.807) is 13.2 Å². The summed E-state index contributed by atoms with van der Waals surface area (Å²) in [5.41, 5.74) is 1.07. The molecule has 0 atom stereocenters. The number of benzene rings is 1. The summed E-state index contributed by atoms with van der Waals surface area (Å²) in [6.07, 6.45) is 4.49. The maximum atomic E-state index is 9.51. The predicted octanol–water partition coefficient (Wildman–Crippen LogP) is 3.68. The summed E-state index contributed by atoms with van der Waals surface area (Å²) >= 11 is 6.04. The van der Waals surface area contributed by atoms with E-state index in [1.165, 1.54) is 12.8 Å². The number of nitrogens with zero attached hydrogens (tertiary/aromatic N) is 1. The van der Waals surface area contributed by atoms with Gasteiger partial charge in [0.2, 0.25) is 0 Å². The minimum absolute atomic E-state index is 0.368. The lowest BCUT2D eigenvalue weighted by Crippen LogP contribution is -2.41. The van der Waals surface area contributed by atoms with Crippen molar-refractivity contribution in [3.8, 4) is 11.8 Å². The van der Waals surface area contributed by atoms with Crippen LogP contribution in [0.5, 0.6) is 5.75 Å². The van der Waals surface area contributed by atoms with Crippen molar-refractivity contribution in [3.63, 3.8) is 0 Å². The van der Waals surface area contributed by atoms with Crippen LogP contribution in [0.15, 0.2) is 18.2 Å². The molecule has 0 N–H and O–H groups in total. The van der Waals surface area contributed by atoms with Crippen LogP contribution < -0.4 is 4.74 Å². The topological polar surface area (TPSA) is 33.0 Å². The fourth-order valence-corrected chi connectivity index (χ4v) is 3.31. The van der Waals surface area contributed by atoms with Gasteiger partial charge in [0, 0.05) is 10.6 Å². The van der Waals surface area contributed by atoms with E-state index >= 15 is 0 Å². The summed E-state index contributed by atoms with van der Waals surface area (Å²) in [6.45, 7) is 0. The van der Waals surface area contributed by atoms with Crippen LogP contribution in [0.25, 0.3) is 0 Å². The maximum absolute atomic E-state index is 9.51. The maximum Gasteiger partial charge on any atom is 0.123 e. The van der Waals surface area contributed by atoms with Crippen LogP contribution >= 0.6 is 11.6 Å². The SMILES string of the molecule is COc1ccc(Cl)cc1C1(C#N)CC2(CC2)C1. The first kappa shape index (κ1) is 10.9. The van der Waals surface area contributed by atoms with E-state index in [2.05, 4.69) is 6.07 Å². The van der Waals surface area contributed by atoms with E-state index in [9.17, 15) is 5.26 Å². The summed E-state index contributed by atoms with van der Waals surface area (Å²) < 4.78 is 5.36. The molecule has 0 aromatic heterocycles. The quantitative estimate of drug-likeness (QED) is 0.799. The van der Waals surface area contributed by atoms with Gasteiger partial charge < -0.3 is 4.74 Å². The van der Waals surface area contributed by atoms with Crippen LogP contribution in [0.3, 0.4) is 0 Å². The fourth-order valence-electron chi connectivity index (χ4n) is 3.14.